The summed E-state index contributed by atoms with van der Waals surface area (Å²) in [6.07, 6.45) is 10.0. The Bertz CT molecular complexity index is 1070. The lowest BCUT2D eigenvalue weighted by Crippen LogP contribution is -2.30. The Morgan fingerprint density at radius 3 is 2.94 bits per heavy atom. The van der Waals surface area contributed by atoms with Crippen molar-refractivity contribution in [3.8, 4) is 0 Å². The number of fused-ring (bicyclic) bond motifs is 3. The molecule has 0 aliphatic heterocycles. The molecule has 1 aliphatic rings. The van der Waals surface area contributed by atoms with Crippen LogP contribution in [0.4, 0.5) is 4.39 Å². The number of benzene rings is 1. The van der Waals surface area contributed by atoms with E-state index in [0.29, 0.717) is 18.7 Å². The first kappa shape index (κ1) is 21.0. The number of carbonyl (C=O) groups is 2. The maximum absolute atomic E-state index is 13.6. The summed E-state index contributed by atoms with van der Waals surface area (Å²) in [6.45, 7) is 0.536. The van der Waals surface area contributed by atoms with Gasteiger partial charge < -0.3 is 15.6 Å². The molecule has 4 rings (SSSR count). The van der Waals surface area contributed by atoms with E-state index in [0.717, 1.165) is 60.7 Å². The highest BCUT2D eigenvalue weighted by Crippen LogP contribution is 2.35. The van der Waals surface area contributed by atoms with Gasteiger partial charge in [-0.3, -0.25) is 14.6 Å². The van der Waals surface area contributed by atoms with Gasteiger partial charge in [0.25, 0.3) is 5.91 Å². The lowest BCUT2D eigenvalue weighted by Gasteiger charge is -2.24. The van der Waals surface area contributed by atoms with Crippen molar-refractivity contribution in [2.75, 3.05) is 6.54 Å². The van der Waals surface area contributed by atoms with E-state index >= 15 is 0 Å². The lowest BCUT2D eigenvalue weighted by molar-refractivity contribution is -0.122. The van der Waals surface area contributed by atoms with Crippen molar-refractivity contribution < 1.29 is 14.0 Å². The Kier molecular flexibility index (Phi) is 6.54. The molecule has 0 fully saturated rings. The molecule has 2 amide bonds. The number of nitrogens with zero attached hydrogens (tertiary/aromatic N) is 2. The molecule has 31 heavy (non-hydrogen) atoms. The van der Waals surface area contributed by atoms with Gasteiger partial charge in [-0.15, -0.1) is 0 Å². The largest absolute Gasteiger partial charge is 0.356 e. The van der Waals surface area contributed by atoms with E-state index in [1.54, 1.807) is 12.1 Å². The molecule has 0 saturated heterocycles. The summed E-state index contributed by atoms with van der Waals surface area (Å²) >= 11 is 0. The third-order valence-corrected chi connectivity index (χ3v) is 5.67. The van der Waals surface area contributed by atoms with E-state index < -0.39 is 0 Å². The molecule has 0 radical (unpaired) electrons. The van der Waals surface area contributed by atoms with E-state index in [1.807, 2.05) is 0 Å². The van der Waals surface area contributed by atoms with Gasteiger partial charge in [-0.25, -0.2) is 9.37 Å². The van der Waals surface area contributed by atoms with Crippen LogP contribution in [0.3, 0.4) is 0 Å². The van der Waals surface area contributed by atoms with Crippen LogP contribution in [0.2, 0.25) is 0 Å². The van der Waals surface area contributed by atoms with Crippen molar-refractivity contribution in [2.45, 2.75) is 51.0 Å². The number of rotatable bonds is 8. The molecule has 0 spiro atoms. The maximum atomic E-state index is 13.6. The van der Waals surface area contributed by atoms with Crippen LogP contribution in [0, 0.1) is 5.82 Å². The first-order valence-corrected chi connectivity index (χ1v) is 10.8. The number of unbranched alkanes of at least 4 members (excludes halogenated alkanes) is 2. The van der Waals surface area contributed by atoms with Gasteiger partial charge in [-0.1, -0.05) is 6.42 Å². The number of nitrogens with one attached hydrogen (secondary N) is 3. The van der Waals surface area contributed by atoms with Crippen LogP contribution in [0.25, 0.3) is 10.9 Å². The zero-order valence-electron chi connectivity index (χ0n) is 17.3. The predicted molar refractivity (Wildman–Crippen MR) is 115 cm³/mol. The van der Waals surface area contributed by atoms with E-state index in [9.17, 15) is 14.0 Å². The molecule has 0 saturated carbocycles. The SMILES string of the molecule is O=C(CCCCCNC(=O)c1cnccn1)N[C@@H]1CCCc2c1[nH]c1ccc(F)cc21. The van der Waals surface area contributed by atoms with Crippen LogP contribution in [0.15, 0.2) is 36.8 Å². The third-order valence-electron chi connectivity index (χ3n) is 5.67. The normalized spacial score (nSPS) is 15.5. The smallest absolute Gasteiger partial charge is 0.271 e. The van der Waals surface area contributed by atoms with Crippen molar-refractivity contribution in [2.24, 2.45) is 0 Å². The minimum absolute atomic E-state index is 0.0197. The molecular formula is C23H26FN5O2. The van der Waals surface area contributed by atoms with E-state index in [4.69, 9.17) is 0 Å². The summed E-state index contributed by atoms with van der Waals surface area (Å²) < 4.78 is 13.6. The van der Waals surface area contributed by atoms with Gasteiger partial charge >= 0.3 is 0 Å². The molecule has 2 aromatic heterocycles. The minimum Gasteiger partial charge on any atom is -0.356 e. The average Bonchev–Trinajstić information content (AvgIpc) is 3.15. The summed E-state index contributed by atoms with van der Waals surface area (Å²) in [5, 5.41) is 6.85. The van der Waals surface area contributed by atoms with Gasteiger partial charge in [0.15, 0.2) is 0 Å². The third kappa shape index (κ3) is 5.07. The average molecular weight is 423 g/mol. The number of H-pyrrole nitrogens is 1. The van der Waals surface area contributed by atoms with Crippen molar-refractivity contribution >= 4 is 22.7 Å². The zero-order chi connectivity index (χ0) is 21.6. The quantitative estimate of drug-likeness (QED) is 0.482. The molecule has 8 heteroatoms. The molecule has 0 bridgehead atoms. The monoisotopic (exact) mass is 423 g/mol. The number of halogens is 1. The number of amides is 2. The molecule has 2 heterocycles. The van der Waals surface area contributed by atoms with Crippen LogP contribution < -0.4 is 10.6 Å². The number of aromatic amines is 1. The van der Waals surface area contributed by atoms with Crippen molar-refractivity contribution in [3.05, 3.63) is 59.6 Å². The molecule has 3 aromatic rings. The molecule has 162 valence electrons. The van der Waals surface area contributed by atoms with Crippen LogP contribution in [-0.2, 0) is 11.2 Å². The van der Waals surface area contributed by atoms with Crippen LogP contribution in [0.5, 0.6) is 0 Å². The molecule has 3 N–H and O–H groups in total. The Balaban J connectivity index is 1.21. The predicted octanol–water partition coefficient (Wildman–Crippen LogP) is 3.58. The fraction of sp³-hybridized carbons (Fsp3) is 0.391. The van der Waals surface area contributed by atoms with E-state index in [1.165, 1.54) is 24.7 Å². The van der Waals surface area contributed by atoms with Gasteiger partial charge in [0.05, 0.1) is 12.2 Å². The minimum atomic E-state index is -0.242. The summed E-state index contributed by atoms with van der Waals surface area (Å²) in [5.74, 6) is -0.461. The fourth-order valence-corrected chi connectivity index (χ4v) is 4.14. The number of hydrogen-bond donors (Lipinski definition) is 3. The standard InChI is InChI=1S/C23H26FN5O2/c24-15-8-9-18-17(13-15)16-5-4-6-19(22(16)29-18)28-21(30)7-2-1-3-10-27-23(31)20-14-25-11-12-26-20/h8-9,11-14,19,29H,1-7,10H2,(H,27,31)(H,28,30)/t19-/m1/s1. The van der Waals surface area contributed by atoms with E-state index in [2.05, 4.69) is 25.6 Å². The Hall–Kier alpha value is -3.29. The number of aryl methyl sites for hydroxylation is 1. The number of carbonyl (C=O) groups excluding carboxylic acids is 2. The molecule has 7 nitrogen and oxygen atoms in total. The van der Waals surface area contributed by atoms with Crippen molar-refractivity contribution in [1.82, 2.24) is 25.6 Å². The van der Waals surface area contributed by atoms with Gasteiger partial charge in [0.2, 0.25) is 5.91 Å². The second kappa shape index (κ2) is 9.68. The van der Waals surface area contributed by atoms with Crippen LogP contribution in [0.1, 0.15) is 66.3 Å². The fourth-order valence-electron chi connectivity index (χ4n) is 4.14. The van der Waals surface area contributed by atoms with Crippen molar-refractivity contribution in [3.63, 3.8) is 0 Å². The van der Waals surface area contributed by atoms with Gasteiger partial charge in [0.1, 0.15) is 11.5 Å². The van der Waals surface area contributed by atoms with Crippen molar-refractivity contribution in [1.29, 1.82) is 0 Å². The second-order valence-electron chi connectivity index (χ2n) is 7.88. The van der Waals surface area contributed by atoms with Gasteiger partial charge in [-0.05, 0) is 55.9 Å². The number of aromatic nitrogens is 3. The van der Waals surface area contributed by atoms with Crippen LogP contribution in [-0.4, -0.2) is 33.3 Å². The highest BCUT2D eigenvalue weighted by Gasteiger charge is 2.25. The molecular weight excluding hydrogens is 397 g/mol. The Labute approximate surface area is 179 Å². The van der Waals surface area contributed by atoms with E-state index in [-0.39, 0.29) is 23.7 Å². The first-order chi connectivity index (χ1) is 15.1. The van der Waals surface area contributed by atoms with Gasteiger partial charge in [-0.2, -0.15) is 0 Å². The topological polar surface area (TPSA) is 99.8 Å². The van der Waals surface area contributed by atoms with Crippen LogP contribution >= 0.6 is 0 Å². The summed E-state index contributed by atoms with van der Waals surface area (Å²) in [4.78, 5) is 35.5. The Morgan fingerprint density at radius 2 is 2.10 bits per heavy atom. The summed E-state index contributed by atoms with van der Waals surface area (Å²) in [5.41, 5.74) is 3.33. The summed E-state index contributed by atoms with van der Waals surface area (Å²) in [6, 6.07) is 4.72. The molecule has 1 aromatic carbocycles. The summed E-state index contributed by atoms with van der Waals surface area (Å²) in [7, 11) is 0. The number of hydrogen-bond acceptors (Lipinski definition) is 4. The second-order valence-corrected chi connectivity index (χ2v) is 7.88. The molecule has 0 unspecified atom stereocenters. The highest BCUT2D eigenvalue weighted by atomic mass is 19.1. The van der Waals surface area contributed by atoms with Gasteiger partial charge in [0, 0.05) is 42.0 Å². The maximum Gasteiger partial charge on any atom is 0.271 e. The zero-order valence-corrected chi connectivity index (χ0v) is 17.3. The Morgan fingerprint density at radius 1 is 1.19 bits per heavy atom. The first-order valence-electron chi connectivity index (χ1n) is 10.8. The molecule has 1 aliphatic carbocycles. The highest BCUT2D eigenvalue weighted by molar-refractivity contribution is 5.91. The molecule has 1 atom stereocenters. The lowest BCUT2D eigenvalue weighted by atomic mass is 9.91.